The topological polar surface area (TPSA) is 33.0 Å². The summed E-state index contributed by atoms with van der Waals surface area (Å²) in [6.45, 7) is 4.30. The molecule has 0 saturated carbocycles. The van der Waals surface area contributed by atoms with E-state index in [0.29, 0.717) is 5.92 Å². The van der Waals surface area contributed by atoms with Gasteiger partial charge in [0.05, 0.1) is 0 Å². The maximum Gasteiger partial charge on any atom is 0.174 e. The number of hydrogen-bond acceptors (Lipinski definition) is 2. The first-order chi connectivity index (χ1) is 6.65. The highest BCUT2D eigenvalue weighted by Crippen LogP contribution is 2.29. The second kappa shape index (κ2) is 5.02. The standard InChI is InChI=1S/C11H12BrNO/c1-8(2)10-7-9(12)3-4-11(10)14-6-5-13/h3-4,7-8H,6H2,1-2H3. The Labute approximate surface area is 92.6 Å². The lowest BCUT2D eigenvalue weighted by Crippen LogP contribution is -1.99. The minimum atomic E-state index is 0.0986. The monoisotopic (exact) mass is 253 g/mol. The van der Waals surface area contributed by atoms with Crippen LogP contribution in [0.25, 0.3) is 0 Å². The van der Waals surface area contributed by atoms with Crippen LogP contribution in [0, 0.1) is 11.3 Å². The maximum absolute atomic E-state index is 8.43. The fraction of sp³-hybridized carbons (Fsp3) is 0.364. The van der Waals surface area contributed by atoms with Crippen LogP contribution in [0.1, 0.15) is 25.3 Å². The Morgan fingerprint density at radius 1 is 1.50 bits per heavy atom. The summed E-state index contributed by atoms with van der Waals surface area (Å²) in [6.07, 6.45) is 0. The fourth-order valence-electron chi connectivity index (χ4n) is 1.21. The number of hydrogen-bond donors (Lipinski definition) is 0. The third-order valence-corrected chi connectivity index (χ3v) is 2.38. The molecule has 0 bridgehead atoms. The molecule has 1 rings (SSSR count). The molecule has 0 heterocycles. The van der Waals surface area contributed by atoms with Crippen LogP contribution in [0.5, 0.6) is 5.75 Å². The van der Waals surface area contributed by atoms with E-state index >= 15 is 0 Å². The predicted octanol–water partition coefficient (Wildman–Crippen LogP) is 3.47. The Kier molecular flexibility index (Phi) is 3.97. The molecule has 74 valence electrons. The van der Waals surface area contributed by atoms with Gasteiger partial charge in [-0.1, -0.05) is 29.8 Å². The summed E-state index contributed by atoms with van der Waals surface area (Å²) in [5, 5.41) is 8.43. The van der Waals surface area contributed by atoms with E-state index in [1.807, 2.05) is 24.3 Å². The van der Waals surface area contributed by atoms with Crippen molar-refractivity contribution in [2.45, 2.75) is 19.8 Å². The molecule has 2 nitrogen and oxygen atoms in total. The van der Waals surface area contributed by atoms with E-state index < -0.39 is 0 Å². The number of ether oxygens (including phenoxy) is 1. The van der Waals surface area contributed by atoms with Crippen molar-refractivity contribution in [1.29, 1.82) is 5.26 Å². The Bertz CT molecular complexity index is 355. The quantitative estimate of drug-likeness (QED) is 0.827. The molecule has 0 aliphatic heterocycles. The van der Waals surface area contributed by atoms with E-state index in [4.69, 9.17) is 10.00 Å². The number of rotatable bonds is 3. The Balaban J connectivity index is 2.97. The highest BCUT2D eigenvalue weighted by molar-refractivity contribution is 9.10. The van der Waals surface area contributed by atoms with Crippen molar-refractivity contribution >= 4 is 15.9 Å². The summed E-state index contributed by atoms with van der Waals surface area (Å²) in [5.74, 6) is 1.19. The average molecular weight is 254 g/mol. The molecule has 14 heavy (non-hydrogen) atoms. The normalized spacial score (nSPS) is 9.93. The van der Waals surface area contributed by atoms with Crippen molar-refractivity contribution in [3.63, 3.8) is 0 Å². The summed E-state index contributed by atoms with van der Waals surface area (Å²) in [7, 11) is 0. The van der Waals surface area contributed by atoms with Crippen molar-refractivity contribution in [2.24, 2.45) is 0 Å². The van der Waals surface area contributed by atoms with Crippen molar-refractivity contribution in [2.75, 3.05) is 6.61 Å². The Hall–Kier alpha value is -1.01. The molecule has 1 aromatic carbocycles. The van der Waals surface area contributed by atoms with Gasteiger partial charge in [-0.15, -0.1) is 0 Å². The largest absolute Gasteiger partial charge is 0.478 e. The molecule has 0 aromatic heterocycles. The highest BCUT2D eigenvalue weighted by atomic mass is 79.9. The lowest BCUT2D eigenvalue weighted by Gasteiger charge is -2.12. The van der Waals surface area contributed by atoms with Gasteiger partial charge in [-0.05, 0) is 29.7 Å². The van der Waals surface area contributed by atoms with Gasteiger partial charge in [-0.25, -0.2) is 0 Å². The van der Waals surface area contributed by atoms with E-state index in [1.54, 1.807) is 0 Å². The zero-order valence-electron chi connectivity index (χ0n) is 8.25. The summed E-state index contributed by atoms with van der Waals surface area (Å²) in [6, 6.07) is 7.79. The first-order valence-electron chi connectivity index (χ1n) is 4.44. The lowest BCUT2D eigenvalue weighted by molar-refractivity contribution is 0.362. The van der Waals surface area contributed by atoms with E-state index in [9.17, 15) is 0 Å². The number of halogens is 1. The van der Waals surface area contributed by atoms with E-state index in [2.05, 4.69) is 29.8 Å². The van der Waals surface area contributed by atoms with Crippen LogP contribution in [0.15, 0.2) is 22.7 Å². The molecule has 0 unspecified atom stereocenters. The molecule has 0 amide bonds. The summed E-state index contributed by atoms with van der Waals surface area (Å²) < 4.78 is 6.35. The van der Waals surface area contributed by atoms with Crippen LogP contribution in [0.4, 0.5) is 0 Å². The Morgan fingerprint density at radius 3 is 2.79 bits per heavy atom. The van der Waals surface area contributed by atoms with Crippen LogP contribution in [-0.4, -0.2) is 6.61 Å². The second-order valence-electron chi connectivity index (χ2n) is 3.28. The maximum atomic E-state index is 8.43. The van der Waals surface area contributed by atoms with Crippen LogP contribution in [-0.2, 0) is 0 Å². The van der Waals surface area contributed by atoms with Gasteiger partial charge in [0, 0.05) is 4.47 Å². The number of nitriles is 1. The zero-order chi connectivity index (χ0) is 10.6. The van der Waals surface area contributed by atoms with Crippen LogP contribution < -0.4 is 4.74 Å². The van der Waals surface area contributed by atoms with Gasteiger partial charge in [0.1, 0.15) is 11.8 Å². The number of benzene rings is 1. The SMILES string of the molecule is CC(C)c1cc(Br)ccc1OCC#N. The first-order valence-corrected chi connectivity index (χ1v) is 5.23. The van der Waals surface area contributed by atoms with Crippen LogP contribution >= 0.6 is 15.9 Å². The van der Waals surface area contributed by atoms with Gasteiger partial charge in [-0.2, -0.15) is 5.26 Å². The number of nitrogens with zero attached hydrogens (tertiary/aromatic N) is 1. The van der Waals surface area contributed by atoms with Crippen LogP contribution in [0.2, 0.25) is 0 Å². The Morgan fingerprint density at radius 2 is 2.21 bits per heavy atom. The van der Waals surface area contributed by atoms with Crippen molar-refractivity contribution < 1.29 is 4.74 Å². The predicted molar refractivity (Wildman–Crippen MR) is 59.3 cm³/mol. The smallest absolute Gasteiger partial charge is 0.174 e. The first kappa shape index (κ1) is 11.1. The summed E-state index contributed by atoms with van der Waals surface area (Å²) >= 11 is 3.41. The highest BCUT2D eigenvalue weighted by Gasteiger charge is 2.07. The van der Waals surface area contributed by atoms with Crippen molar-refractivity contribution in [1.82, 2.24) is 0 Å². The molecule has 0 atom stereocenters. The van der Waals surface area contributed by atoms with Gasteiger partial charge >= 0.3 is 0 Å². The fourth-order valence-corrected chi connectivity index (χ4v) is 1.59. The summed E-state index contributed by atoms with van der Waals surface area (Å²) in [4.78, 5) is 0. The van der Waals surface area contributed by atoms with Crippen molar-refractivity contribution in [3.8, 4) is 11.8 Å². The molecular formula is C11H12BrNO. The minimum absolute atomic E-state index is 0.0986. The average Bonchev–Trinajstić information content (AvgIpc) is 2.15. The van der Waals surface area contributed by atoms with Gasteiger partial charge in [-0.3, -0.25) is 0 Å². The van der Waals surface area contributed by atoms with Gasteiger partial charge in [0.2, 0.25) is 0 Å². The van der Waals surface area contributed by atoms with Crippen molar-refractivity contribution in [3.05, 3.63) is 28.2 Å². The van der Waals surface area contributed by atoms with E-state index in [0.717, 1.165) is 15.8 Å². The van der Waals surface area contributed by atoms with Crippen LogP contribution in [0.3, 0.4) is 0 Å². The molecule has 0 radical (unpaired) electrons. The molecular weight excluding hydrogens is 242 g/mol. The second-order valence-corrected chi connectivity index (χ2v) is 4.20. The van der Waals surface area contributed by atoms with Gasteiger partial charge < -0.3 is 4.74 Å². The third-order valence-electron chi connectivity index (χ3n) is 1.89. The molecule has 0 fully saturated rings. The zero-order valence-corrected chi connectivity index (χ0v) is 9.84. The molecule has 3 heteroatoms. The third kappa shape index (κ3) is 2.74. The molecule has 0 aliphatic rings. The molecule has 0 N–H and O–H groups in total. The summed E-state index contributed by atoms with van der Waals surface area (Å²) in [5.41, 5.74) is 1.12. The van der Waals surface area contributed by atoms with E-state index in [1.165, 1.54) is 0 Å². The minimum Gasteiger partial charge on any atom is -0.478 e. The molecule has 0 aliphatic carbocycles. The lowest BCUT2D eigenvalue weighted by atomic mass is 10.0. The van der Waals surface area contributed by atoms with Gasteiger partial charge in [0.15, 0.2) is 6.61 Å². The van der Waals surface area contributed by atoms with E-state index in [-0.39, 0.29) is 6.61 Å². The van der Waals surface area contributed by atoms with Gasteiger partial charge in [0.25, 0.3) is 0 Å². The molecule has 0 saturated heterocycles. The molecule has 1 aromatic rings. The molecule has 0 spiro atoms.